The van der Waals surface area contributed by atoms with Crippen LogP contribution in [0.5, 0.6) is 0 Å². The lowest BCUT2D eigenvalue weighted by Gasteiger charge is -2.19. The molecule has 0 saturated carbocycles. The third kappa shape index (κ3) is 1.49. The molecule has 0 fully saturated rings. The van der Waals surface area contributed by atoms with Crippen molar-refractivity contribution >= 4 is 27.5 Å². The summed E-state index contributed by atoms with van der Waals surface area (Å²) in [4.78, 5) is 1.96. The van der Waals surface area contributed by atoms with E-state index in [0.29, 0.717) is 0 Å². The molecule has 1 aliphatic heterocycles. The number of rotatable bonds is 0. The molecule has 0 atom stereocenters. The predicted octanol–water partition coefficient (Wildman–Crippen LogP) is 2.29. The van der Waals surface area contributed by atoms with Crippen LogP contribution < -0.4 is 0 Å². The second-order valence-corrected chi connectivity index (χ2v) is 3.13. The third-order valence-corrected chi connectivity index (χ3v) is 2.54. The number of nitrogens with zero attached hydrogens (tertiary/aromatic N) is 1. The highest BCUT2D eigenvalue weighted by Crippen LogP contribution is 2.22. The maximum absolute atomic E-state index is 5.82. The summed E-state index contributed by atoms with van der Waals surface area (Å²) in [5.74, 6) is 0. The van der Waals surface area contributed by atoms with E-state index in [0.717, 1.165) is 16.2 Å². The maximum atomic E-state index is 5.82. The smallest absolute Gasteiger partial charge is 0.119 e. The van der Waals surface area contributed by atoms with Gasteiger partial charge in [-0.2, -0.15) is 0 Å². The van der Waals surface area contributed by atoms with Gasteiger partial charge < -0.3 is 4.90 Å². The van der Waals surface area contributed by atoms with Gasteiger partial charge in [-0.1, -0.05) is 17.7 Å². The van der Waals surface area contributed by atoms with E-state index in [-0.39, 0.29) is 0 Å². The van der Waals surface area contributed by atoms with Crippen LogP contribution in [-0.4, -0.2) is 18.5 Å². The molecule has 0 aromatic rings. The number of allylic oxidation sites excluding steroid dienone is 2. The topological polar surface area (TPSA) is 3.24 Å². The van der Waals surface area contributed by atoms with E-state index in [4.69, 9.17) is 11.6 Å². The van der Waals surface area contributed by atoms with Gasteiger partial charge >= 0.3 is 0 Å². The van der Waals surface area contributed by atoms with Gasteiger partial charge in [0.2, 0.25) is 0 Å². The molecule has 50 valence electrons. The lowest BCUT2D eigenvalue weighted by atomic mass is 10.4. The van der Waals surface area contributed by atoms with Gasteiger partial charge in [0, 0.05) is 13.6 Å². The normalized spacial score (nSPS) is 19.2. The lowest BCUT2D eigenvalue weighted by molar-refractivity contribution is 0.488. The zero-order valence-electron chi connectivity index (χ0n) is 5.06. The first-order chi connectivity index (χ1) is 4.22. The summed E-state index contributed by atoms with van der Waals surface area (Å²) in [7, 11) is 1.95. The molecule has 0 aromatic heterocycles. The van der Waals surface area contributed by atoms with Gasteiger partial charge in [0.1, 0.15) is 5.16 Å². The van der Waals surface area contributed by atoms with Gasteiger partial charge in [0.15, 0.2) is 0 Å². The Balaban J connectivity index is 2.83. The average Bonchev–Trinajstić information content (AvgIpc) is 1.83. The molecule has 3 heteroatoms. The molecule has 0 spiro atoms. The Morgan fingerprint density at radius 2 is 2.44 bits per heavy atom. The summed E-state index contributed by atoms with van der Waals surface area (Å²) >= 11 is 9.14. The van der Waals surface area contributed by atoms with Crippen LogP contribution in [0.25, 0.3) is 0 Å². The number of hydrogen-bond donors (Lipinski definition) is 0. The summed E-state index contributed by atoms with van der Waals surface area (Å²) in [6, 6.07) is 0. The highest BCUT2D eigenvalue weighted by molar-refractivity contribution is 9.12. The van der Waals surface area contributed by atoms with Crippen molar-refractivity contribution in [1.29, 1.82) is 0 Å². The summed E-state index contributed by atoms with van der Waals surface area (Å²) in [6.45, 7) is 0.897. The minimum absolute atomic E-state index is 0.775. The van der Waals surface area contributed by atoms with Crippen LogP contribution in [0, 0.1) is 0 Å². The second-order valence-electron chi connectivity index (χ2n) is 1.92. The quantitative estimate of drug-likeness (QED) is 0.552. The fourth-order valence-electron chi connectivity index (χ4n) is 0.646. The van der Waals surface area contributed by atoms with Crippen molar-refractivity contribution in [2.45, 2.75) is 0 Å². The summed E-state index contributed by atoms with van der Waals surface area (Å²) in [5, 5.41) is 0.775. The highest BCUT2D eigenvalue weighted by atomic mass is 79.9. The Kier molecular flexibility index (Phi) is 2.19. The van der Waals surface area contributed by atoms with Gasteiger partial charge in [-0.05, 0) is 22.0 Å². The molecule has 0 amide bonds. The van der Waals surface area contributed by atoms with Crippen molar-refractivity contribution in [1.82, 2.24) is 4.90 Å². The summed E-state index contributed by atoms with van der Waals surface area (Å²) in [5.41, 5.74) is 0. The van der Waals surface area contributed by atoms with Crippen molar-refractivity contribution in [3.05, 3.63) is 21.8 Å². The molecule has 0 bridgehead atoms. The van der Waals surface area contributed by atoms with Crippen LogP contribution in [0.3, 0.4) is 0 Å². The van der Waals surface area contributed by atoms with Crippen LogP contribution >= 0.6 is 27.5 Å². The SMILES string of the molecule is CN1CC=CC(Br)=C1Cl. The fraction of sp³-hybridized carbons (Fsp3) is 0.333. The van der Waals surface area contributed by atoms with Gasteiger partial charge in [0.25, 0.3) is 0 Å². The number of likely N-dealkylation sites (N-methyl/N-ethyl adjacent to an activating group) is 1. The van der Waals surface area contributed by atoms with Crippen molar-refractivity contribution in [3.8, 4) is 0 Å². The van der Waals surface area contributed by atoms with E-state index >= 15 is 0 Å². The Hall–Kier alpha value is 0.0500. The molecule has 0 radical (unpaired) electrons. The Bertz CT molecular complexity index is 174. The van der Waals surface area contributed by atoms with E-state index in [9.17, 15) is 0 Å². The van der Waals surface area contributed by atoms with Crippen molar-refractivity contribution in [2.75, 3.05) is 13.6 Å². The number of hydrogen-bond acceptors (Lipinski definition) is 1. The van der Waals surface area contributed by atoms with Crippen molar-refractivity contribution < 1.29 is 0 Å². The molecule has 0 saturated heterocycles. The summed E-state index contributed by atoms with van der Waals surface area (Å²) < 4.78 is 0.956. The molecule has 9 heavy (non-hydrogen) atoms. The van der Waals surface area contributed by atoms with Crippen LogP contribution in [-0.2, 0) is 0 Å². The van der Waals surface area contributed by atoms with E-state index in [1.807, 2.05) is 18.0 Å². The molecule has 0 unspecified atom stereocenters. The minimum Gasteiger partial charge on any atom is -0.361 e. The van der Waals surface area contributed by atoms with Crippen molar-refractivity contribution in [2.24, 2.45) is 0 Å². The average molecular weight is 208 g/mol. The highest BCUT2D eigenvalue weighted by Gasteiger charge is 2.06. The molecule has 0 N–H and O–H groups in total. The van der Waals surface area contributed by atoms with Crippen molar-refractivity contribution in [3.63, 3.8) is 0 Å². The van der Waals surface area contributed by atoms with E-state index in [1.54, 1.807) is 0 Å². The van der Waals surface area contributed by atoms with Crippen LogP contribution in [0.15, 0.2) is 21.8 Å². The third-order valence-electron chi connectivity index (χ3n) is 1.18. The maximum Gasteiger partial charge on any atom is 0.119 e. The molecule has 0 aliphatic carbocycles. The zero-order valence-corrected chi connectivity index (χ0v) is 7.41. The first-order valence-corrected chi connectivity index (χ1v) is 3.82. The number of halogens is 2. The molecular weight excluding hydrogens is 201 g/mol. The van der Waals surface area contributed by atoms with Gasteiger partial charge in [-0.3, -0.25) is 0 Å². The minimum atomic E-state index is 0.775. The molecule has 1 heterocycles. The fourth-order valence-corrected chi connectivity index (χ4v) is 1.27. The Labute approximate surface area is 68.1 Å². The van der Waals surface area contributed by atoms with Crippen LogP contribution in [0.4, 0.5) is 0 Å². The van der Waals surface area contributed by atoms with E-state index in [2.05, 4.69) is 22.0 Å². The van der Waals surface area contributed by atoms with Crippen LogP contribution in [0.2, 0.25) is 0 Å². The zero-order chi connectivity index (χ0) is 6.85. The first kappa shape index (κ1) is 7.16. The van der Waals surface area contributed by atoms with Gasteiger partial charge in [-0.15, -0.1) is 0 Å². The standard InChI is InChI=1S/C6H7BrClN/c1-9-4-2-3-5(7)6(9)8/h2-3H,4H2,1H3. The molecule has 1 rings (SSSR count). The molecule has 1 nitrogen and oxygen atoms in total. The Morgan fingerprint density at radius 1 is 1.78 bits per heavy atom. The molecular formula is C6H7BrClN. The first-order valence-electron chi connectivity index (χ1n) is 2.65. The van der Waals surface area contributed by atoms with Crippen LogP contribution in [0.1, 0.15) is 0 Å². The molecule has 1 aliphatic rings. The second kappa shape index (κ2) is 2.76. The van der Waals surface area contributed by atoms with E-state index < -0.39 is 0 Å². The predicted molar refractivity (Wildman–Crippen MR) is 43.6 cm³/mol. The van der Waals surface area contributed by atoms with Gasteiger partial charge in [0.05, 0.1) is 4.48 Å². The lowest BCUT2D eigenvalue weighted by Crippen LogP contribution is -2.17. The summed E-state index contributed by atoms with van der Waals surface area (Å²) in [6.07, 6.45) is 4.01. The molecule has 0 aromatic carbocycles. The Morgan fingerprint density at radius 3 is 2.89 bits per heavy atom. The largest absolute Gasteiger partial charge is 0.361 e. The monoisotopic (exact) mass is 207 g/mol. The van der Waals surface area contributed by atoms with E-state index in [1.165, 1.54) is 0 Å². The van der Waals surface area contributed by atoms with Gasteiger partial charge in [-0.25, -0.2) is 0 Å².